The number of carbonyl (C=O) groups is 1. The van der Waals surface area contributed by atoms with Gasteiger partial charge in [-0.25, -0.2) is 0 Å². The van der Waals surface area contributed by atoms with Crippen LogP contribution in [0.1, 0.15) is 49.0 Å². The van der Waals surface area contributed by atoms with E-state index in [0.717, 1.165) is 25.1 Å². The van der Waals surface area contributed by atoms with Gasteiger partial charge in [0.1, 0.15) is 0 Å². The summed E-state index contributed by atoms with van der Waals surface area (Å²) < 4.78 is 0. The molecule has 0 saturated carbocycles. The molecule has 1 fully saturated rings. The Morgan fingerprint density at radius 3 is 2.85 bits per heavy atom. The highest BCUT2D eigenvalue weighted by Crippen LogP contribution is 2.14. The molecule has 0 radical (unpaired) electrons. The summed E-state index contributed by atoms with van der Waals surface area (Å²) in [4.78, 5) is 18.8. The SMILES string of the molecule is Cc1cncc(C(=O)N(CC2CCCCN2)C(C)C)c1. The molecular formula is C16H25N3O. The highest BCUT2D eigenvalue weighted by Gasteiger charge is 2.23. The van der Waals surface area contributed by atoms with Gasteiger partial charge in [-0.1, -0.05) is 6.42 Å². The van der Waals surface area contributed by atoms with Crippen LogP contribution < -0.4 is 5.32 Å². The Bertz CT molecular complexity index is 453. The Morgan fingerprint density at radius 1 is 1.45 bits per heavy atom. The monoisotopic (exact) mass is 275 g/mol. The van der Waals surface area contributed by atoms with Crippen molar-refractivity contribution in [3.63, 3.8) is 0 Å². The average Bonchev–Trinajstić information content (AvgIpc) is 2.45. The minimum absolute atomic E-state index is 0.0866. The van der Waals surface area contributed by atoms with Crippen LogP contribution in [0, 0.1) is 6.92 Å². The van der Waals surface area contributed by atoms with E-state index < -0.39 is 0 Å². The molecule has 0 spiro atoms. The van der Waals surface area contributed by atoms with Gasteiger partial charge >= 0.3 is 0 Å². The van der Waals surface area contributed by atoms with E-state index in [2.05, 4.69) is 24.1 Å². The molecule has 2 heterocycles. The zero-order valence-corrected chi connectivity index (χ0v) is 12.7. The molecule has 0 aromatic carbocycles. The van der Waals surface area contributed by atoms with Gasteiger partial charge < -0.3 is 10.2 Å². The molecule has 1 amide bonds. The Hall–Kier alpha value is -1.42. The van der Waals surface area contributed by atoms with Crippen LogP contribution in [0.4, 0.5) is 0 Å². The van der Waals surface area contributed by atoms with Crippen molar-refractivity contribution in [2.24, 2.45) is 0 Å². The van der Waals surface area contributed by atoms with Crippen molar-refractivity contribution in [3.8, 4) is 0 Å². The summed E-state index contributed by atoms with van der Waals surface area (Å²) in [7, 11) is 0. The van der Waals surface area contributed by atoms with Gasteiger partial charge in [-0.15, -0.1) is 0 Å². The van der Waals surface area contributed by atoms with Gasteiger partial charge in [0, 0.05) is 31.0 Å². The number of piperidine rings is 1. The fourth-order valence-electron chi connectivity index (χ4n) is 2.68. The lowest BCUT2D eigenvalue weighted by Crippen LogP contribution is -2.48. The maximum absolute atomic E-state index is 12.7. The van der Waals surface area contributed by atoms with Crippen molar-refractivity contribution in [2.45, 2.75) is 52.1 Å². The normalized spacial score (nSPS) is 19.1. The first-order valence-corrected chi connectivity index (χ1v) is 7.54. The summed E-state index contributed by atoms with van der Waals surface area (Å²) >= 11 is 0. The van der Waals surface area contributed by atoms with Crippen molar-refractivity contribution in [1.29, 1.82) is 0 Å². The molecule has 1 aliphatic heterocycles. The van der Waals surface area contributed by atoms with Crippen molar-refractivity contribution in [3.05, 3.63) is 29.6 Å². The minimum Gasteiger partial charge on any atom is -0.335 e. The largest absolute Gasteiger partial charge is 0.335 e. The van der Waals surface area contributed by atoms with Gasteiger partial charge in [0.05, 0.1) is 5.56 Å². The first-order chi connectivity index (χ1) is 9.58. The van der Waals surface area contributed by atoms with Crippen LogP contribution in [0.25, 0.3) is 0 Å². The van der Waals surface area contributed by atoms with E-state index >= 15 is 0 Å². The molecule has 1 aromatic heterocycles. The van der Waals surface area contributed by atoms with Gasteiger partial charge in [-0.3, -0.25) is 9.78 Å². The Balaban J connectivity index is 2.09. The summed E-state index contributed by atoms with van der Waals surface area (Å²) in [6.07, 6.45) is 7.10. The van der Waals surface area contributed by atoms with Gasteiger partial charge in [-0.2, -0.15) is 0 Å². The predicted octanol–water partition coefficient (Wildman–Crippen LogP) is 2.38. The molecule has 4 nitrogen and oxygen atoms in total. The zero-order valence-electron chi connectivity index (χ0n) is 12.7. The molecule has 1 aromatic rings. The van der Waals surface area contributed by atoms with Gasteiger partial charge in [0.25, 0.3) is 5.91 Å². The van der Waals surface area contributed by atoms with Gasteiger partial charge in [0.15, 0.2) is 0 Å². The average molecular weight is 275 g/mol. The van der Waals surface area contributed by atoms with Gasteiger partial charge in [0.2, 0.25) is 0 Å². The van der Waals surface area contributed by atoms with E-state index in [0.29, 0.717) is 11.6 Å². The molecular weight excluding hydrogens is 250 g/mol. The smallest absolute Gasteiger partial charge is 0.255 e. The van der Waals surface area contributed by atoms with Crippen molar-refractivity contribution >= 4 is 5.91 Å². The maximum Gasteiger partial charge on any atom is 0.255 e. The number of nitrogens with one attached hydrogen (secondary N) is 1. The van der Waals surface area contributed by atoms with Crippen LogP contribution in [0.3, 0.4) is 0 Å². The fourth-order valence-corrected chi connectivity index (χ4v) is 2.68. The van der Waals surface area contributed by atoms with Crippen LogP contribution in [0.15, 0.2) is 18.5 Å². The van der Waals surface area contributed by atoms with Crippen molar-refractivity contribution < 1.29 is 4.79 Å². The Labute approximate surface area is 121 Å². The first-order valence-electron chi connectivity index (χ1n) is 7.54. The molecule has 2 rings (SSSR count). The standard InChI is InChI=1S/C16H25N3O/c1-12(2)19(11-15-6-4-5-7-18-15)16(20)14-8-13(3)9-17-10-14/h8-10,12,15,18H,4-7,11H2,1-3H3. The molecule has 4 heteroatoms. The summed E-state index contributed by atoms with van der Waals surface area (Å²) in [5.41, 5.74) is 1.71. The number of nitrogens with zero attached hydrogens (tertiary/aromatic N) is 2. The van der Waals surface area contributed by atoms with Crippen molar-refractivity contribution in [2.75, 3.05) is 13.1 Å². The number of hydrogen-bond donors (Lipinski definition) is 1. The van der Waals surface area contributed by atoms with E-state index in [-0.39, 0.29) is 11.9 Å². The van der Waals surface area contributed by atoms with E-state index in [1.54, 1.807) is 12.4 Å². The van der Waals surface area contributed by atoms with E-state index in [1.165, 1.54) is 12.8 Å². The molecule has 1 unspecified atom stereocenters. The second-order valence-corrected chi connectivity index (χ2v) is 5.95. The Morgan fingerprint density at radius 2 is 2.25 bits per heavy atom. The second kappa shape index (κ2) is 6.84. The van der Waals surface area contributed by atoms with E-state index in [9.17, 15) is 4.79 Å². The van der Waals surface area contributed by atoms with Crippen LogP contribution >= 0.6 is 0 Å². The quantitative estimate of drug-likeness (QED) is 0.917. The molecule has 1 N–H and O–H groups in total. The lowest BCUT2D eigenvalue weighted by molar-refractivity contribution is 0.0676. The number of aromatic nitrogens is 1. The number of hydrogen-bond acceptors (Lipinski definition) is 3. The third kappa shape index (κ3) is 3.79. The van der Waals surface area contributed by atoms with Gasteiger partial charge in [-0.05, 0) is 51.8 Å². The topological polar surface area (TPSA) is 45.2 Å². The summed E-state index contributed by atoms with van der Waals surface area (Å²) in [6.45, 7) is 7.96. The van der Waals surface area contributed by atoms with E-state index in [1.807, 2.05) is 17.9 Å². The molecule has 1 atom stereocenters. The van der Waals surface area contributed by atoms with Crippen molar-refractivity contribution in [1.82, 2.24) is 15.2 Å². The third-order valence-corrected chi connectivity index (χ3v) is 3.84. The highest BCUT2D eigenvalue weighted by atomic mass is 16.2. The number of amides is 1. The van der Waals surface area contributed by atoms with Crippen LogP contribution in [0.5, 0.6) is 0 Å². The van der Waals surface area contributed by atoms with Crippen LogP contribution in [0.2, 0.25) is 0 Å². The zero-order chi connectivity index (χ0) is 14.5. The lowest BCUT2D eigenvalue weighted by atomic mass is 10.0. The van der Waals surface area contributed by atoms with Crippen LogP contribution in [-0.2, 0) is 0 Å². The molecule has 0 aliphatic carbocycles. The lowest BCUT2D eigenvalue weighted by Gasteiger charge is -2.33. The maximum atomic E-state index is 12.7. The minimum atomic E-state index is 0.0866. The molecule has 1 aliphatic rings. The number of rotatable bonds is 4. The van der Waals surface area contributed by atoms with E-state index in [4.69, 9.17) is 0 Å². The summed E-state index contributed by atoms with van der Waals surface area (Å²) in [5.74, 6) is 0.0866. The molecule has 0 bridgehead atoms. The molecule has 110 valence electrons. The summed E-state index contributed by atoms with van der Waals surface area (Å²) in [6, 6.07) is 2.54. The predicted molar refractivity (Wildman–Crippen MR) is 80.8 cm³/mol. The fraction of sp³-hybridized carbons (Fsp3) is 0.625. The third-order valence-electron chi connectivity index (χ3n) is 3.84. The Kier molecular flexibility index (Phi) is 5.12. The first kappa shape index (κ1) is 15.0. The highest BCUT2D eigenvalue weighted by molar-refractivity contribution is 5.94. The molecule has 1 saturated heterocycles. The number of carbonyl (C=O) groups excluding carboxylic acids is 1. The summed E-state index contributed by atoms with van der Waals surface area (Å²) in [5, 5.41) is 3.51. The number of pyridine rings is 1. The number of aryl methyl sites for hydroxylation is 1. The second-order valence-electron chi connectivity index (χ2n) is 5.95. The molecule has 20 heavy (non-hydrogen) atoms. The van der Waals surface area contributed by atoms with Crippen LogP contribution in [-0.4, -0.2) is 41.0 Å².